The molecule has 0 bridgehead atoms. The van der Waals surface area contributed by atoms with Gasteiger partial charge in [0.05, 0.1) is 10.2 Å². The van der Waals surface area contributed by atoms with E-state index in [0.29, 0.717) is 0 Å². The minimum absolute atomic E-state index is 0.0371. The molecule has 1 aliphatic rings. The zero-order chi connectivity index (χ0) is 13.5. The van der Waals surface area contributed by atoms with Crippen molar-refractivity contribution in [2.75, 3.05) is 25.4 Å². The molecule has 0 aromatic heterocycles. The number of nitrogen functional groups attached to an aromatic ring is 1. The Balaban J connectivity index is 2.34. The molecule has 0 amide bonds. The second-order valence-corrected chi connectivity index (χ2v) is 6.94. The lowest BCUT2D eigenvalue weighted by atomic mass is 10.1. The highest BCUT2D eigenvalue weighted by Gasteiger charge is 2.37. The largest absolute Gasteiger partial charge is 0.398 e. The topological polar surface area (TPSA) is 83.6 Å². The van der Waals surface area contributed by atoms with Gasteiger partial charge in [-0.1, -0.05) is 0 Å². The van der Waals surface area contributed by atoms with Crippen molar-refractivity contribution in [2.24, 2.45) is 5.92 Å². The quantitative estimate of drug-likeness (QED) is 0.798. The van der Waals surface area contributed by atoms with Crippen LogP contribution in [0.2, 0.25) is 0 Å². The second-order valence-electron chi connectivity index (χ2n) is 4.17. The summed E-state index contributed by atoms with van der Waals surface area (Å²) in [5.74, 6) is -0.645. The lowest BCUT2D eigenvalue weighted by Gasteiger charge is -2.37. The molecule has 3 N–H and O–H groups in total. The van der Waals surface area contributed by atoms with Gasteiger partial charge in [-0.15, -0.1) is 0 Å². The Hall–Kier alpha value is -0.700. The van der Waals surface area contributed by atoms with E-state index in [2.05, 4.69) is 15.9 Å². The first-order valence-corrected chi connectivity index (χ1v) is 7.45. The predicted octanol–water partition coefficient (Wildman–Crippen LogP) is 0.783. The maximum absolute atomic E-state index is 13.2. The molecule has 0 unspecified atom stereocenters. The fourth-order valence-electron chi connectivity index (χ4n) is 1.74. The van der Waals surface area contributed by atoms with Crippen molar-refractivity contribution in [2.45, 2.75) is 4.90 Å². The molecule has 0 radical (unpaired) electrons. The van der Waals surface area contributed by atoms with Gasteiger partial charge in [0.2, 0.25) is 10.0 Å². The predicted molar refractivity (Wildman–Crippen MR) is 67.8 cm³/mol. The molecule has 2 rings (SSSR count). The normalized spacial score (nSPS) is 17.7. The maximum Gasteiger partial charge on any atom is 0.245 e. The molecule has 0 atom stereocenters. The summed E-state index contributed by atoms with van der Waals surface area (Å²) in [6, 6.07) is 2.13. The molecule has 100 valence electrons. The summed E-state index contributed by atoms with van der Waals surface area (Å²) in [5, 5.41) is 8.87. The number of hydrogen-bond acceptors (Lipinski definition) is 4. The summed E-state index contributed by atoms with van der Waals surface area (Å²) in [6.07, 6.45) is 0. The number of aliphatic hydroxyl groups is 1. The van der Waals surface area contributed by atoms with E-state index < -0.39 is 15.8 Å². The number of hydrogen-bond donors (Lipinski definition) is 2. The van der Waals surface area contributed by atoms with Crippen LogP contribution in [0.5, 0.6) is 0 Å². The van der Waals surface area contributed by atoms with Crippen LogP contribution in [-0.2, 0) is 10.0 Å². The zero-order valence-corrected chi connectivity index (χ0v) is 11.7. The van der Waals surface area contributed by atoms with Crippen molar-refractivity contribution in [3.05, 3.63) is 22.4 Å². The van der Waals surface area contributed by atoms with E-state index in [1.807, 2.05) is 0 Å². The number of halogens is 2. The zero-order valence-electron chi connectivity index (χ0n) is 9.31. The lowest BCUT2D eigenvalue weighted by Crippen LogP contribution is -2.51. The minimum atomic E-state index is -3.71. The van der Waals surface area contributed by atoms with Gasteiger partial charge in [0.1, 0.15) is 10.7 Å². The molecule has 1 saturated heterocycles. The Morgan fingerprint density at radius 2 is 2.11 bits per heavy atom. The number of anilines is 1. The molecule has 8 heteroatoms. The first-order valence-electron chi connectivity index (χ1n) is 5.21. The Bertz CT molecular complexity index is 573. The summed E-state index contributed by atoms with van der Waals surface area (Å²) >= 11 is 2.93. The van der Waals surface area contributed by atoms with Gasteiger partial charge in [0.15, 0.2) is 0 Å². The Morgan fingerprint density at radius 1 is 1.50 bits per heavy atom. The number of nitrogens with zero attached hydrogens (tertiary/aromatic N) is 1. The number of nitrogens with two attached hydrogens (primary N) is 1. The van der Waals surface area contributed by atoms with Crippen LogP contribution in [0.4, 0.5) is 10.1 Å². The van der Waals surface area contributed by atoms with Gasteiger partial charge in [0.25, 0.3) is 0 Å². The molecule has 1 aromatic carbocycles. The van der Waals surface area contributed by atoms with Crippen LogP contribution in [0.15, 0.2) is 21.5 Å². The van der Waals surface area contributed by atoms with Crippen LogP contribution in [0.3, 0.4) is 0 Å². The molecular formula is C10H12BrFN2O3S. The average molecular weight is 339 g/mol. The van der Waals surface area contributed by atoms with E-state index in [4.69, 9.17) is 10.8 Å². The number of benzene rings is 1. The number of sulfonamides is 1. The first kappa shape index (κ1) is 13.7. The average Bonchev–Trinajstić information content (AvgIpc) is 2.21. The van der Waals surface area contributed by atoms with Crippen molar-refractivity contribution in [1.82, 2.24) is 4.31 Å². The van der Waals surface area contributed by atoms with E-state index in [1.54, 1.807) is 0 Å². The molecule has 1 aromatic rings. The molecule has 0 aliphatic carbocycles. The molecule has 0 saturated carbocycles. The highest BCUT2D eigenvalue weighted by atomic mass is 79.9. The van der Waals surface area contributed by atoms with Gasteiger partial charge in [-0.3, -0.25) is 0 Å². The van der Waals surface area contributed by atoms with Crippen LogP contribution in [0.25, 0.3) is 0 Å². The number of aliphatic hydroxyl groups excluding tert-OH is 1. The highest BCUT2D eigenvalue weighted by Crippen LogP contribution is 2.31. The Kier molecular flexibility index (Phi) is 3.63. The van der Waals surface area contributed by atoms with Crippen LogP contribution in [0.1, 0.15) is 0 Å². The SMILES string of the molecule is Nc1cc(F)c(Br)cc1S(=O)(=O)N1CC(CO)C1. The summed E-state index contributed by atoms with van der Waals surface area (Å²) in [4.78, 5) is -0.118. The lowest BCUT2D eigenvalue weighted by molar-refractivity contribution is 0.117. The van der Waals surface area contributed by atoms with Crippen molar-refractivity contribution in [3.8, 4) is 0 Å². The molecular weight excluding hydrogens is 327 g/mol. The van der Waals surface area contributed by atoms with Gasteiger partial charge >= 0.3 is 0 Å². The van der Waals surface area contributed by atoms with Crippen LogP contribution in [-0.4, -0.2) is 37.5 Å². The van der Waals surface area contributed by atoms with E-state index in [1.165, 1.54) is 4.31 Å². The van der Waals surface area contributed by atoms with Crippen LogP contribution < -0.4 is 5.73 Å². The van der Waals surface area contributed by atoms with Crippen molar-refractivity contribution in [3.63, 3.8) is 0 Å². The molecule has 18 heavy (non-hydrogen) atoms. The fourth-order valence-corrected chi connectivity index (χ4v) is 3.95. The molecule has 0 spiro atoms. The second kappa shape index (κ2) is 4.76. The van der Waals surface area contributed by atoms with Gasteiger partial charge < -0.3 is 10.8 Å². The molecule has 5 nitrogen and oxygen atoms in total. The summed E-state index contributed by atoms with van der Waals surface area (Å²) in [7, 11) is -3.71. The first-order chi connectivity index (χ1) is 8.36. The van der Waals surface area contributed by atoms with Crippen molar-refractivity contribution >= 4 is 31.6 Å². The minimum Gasteiger partial charge on any atom is -0.398 e. The molecule has 1 aliphatic heterocycles. The monoisotopic (exact) mass is 338 g/mol. The highest BCUT2D eigenvalue weighted by molar-refractivity contribution is 9.10. The summed E-state index contributed by atoms with van der Waals surface area (Å²) in [5.41, 5.74) is 5.42. The van der Waals surface area contributed by atoms with E-state index in [-0.39, 0.29) is 40.7 Å². The van der Waals surface area contributed by atoms with Crippen molar-refractivity contribution < 1.29 is 17.9 Å². The summed E-state index contributed by atoms with van der Waals surface area (Å²) < 4.78 is 38.8. The Labute approximate surface area is 113 Å². The Morgan fingerprint density at radius 3 is 2.67 bits per heavy atom. The molecule has 1 fully saturated rings. The standard InChI is InChI=1S/C10H12BrFN2O3S/c11-7-1-10(9(13)2-8(7)12)18(16,17)14-3-6(4-14)5-15/h1-2,6,15H,3-5,13H2. The van der Waals surface area contributed by atoms with Gasteiger partial charge in [0, 0.05) is 25.6 Å². The van der Waals surface area contributed by atoms with Crippen LogP contribution >= 0.6 is 15.9 Å². The van der Waals surface area contributed by atoms with E-state index in [0.717, 1.165) is 12.1 Å². The van der Waals surface area contributed by atoms with Crippen molar-refractivity contribution in [1.29, 1.82) is 0 Å². The fraction of sp³-hybridized carbons (Fsp3) is 0.400. The molecule has 1 heterocycles. The van der Waals surface area contributed by atoms with Gasteiger partial charge in [-0.25, -0.2) is 12.8 Å². The third-order valence-electron chi connectivity index (χ3n) is 2.85. The van der Waals surface area contributed by atoms with E-state index >= 15 is 0 Å². The maximum atomic E-state index is 13.2. The smallest absolute Gasteiger partial charge is 0.245 e. The van der Waals surface area contributed by atoms with E-state index in [9.17, 15) is 12.8 Å². The van der Waals surface area contributed by atoms with Gasteiger partial charge in [-0.2, -0.15) is 4.31 Å². The third kappa shape index (κ3) is 2.25. The van der Waals surface area contributed by atoms with Gasteiger partial charge in [-0.05, 0) is 28.1 Å². The third-order valence-corrected chi connectivity index (χ3v) is 5.35. The number of rotatable bonds is 3. The summed E-state index contributed by atoms with van der Waals surface area (Å²) in [6.45, 7) is 0.467. The van der Waals surface area contributed by atoms with Crippen LogP contribution in [0, 0.1) is 11.7 Å².